The number of fused-ring (bicyclic) bond motifs is 1. The number of anilines is 1. The largest absolute Gasteiger partial charge is 0.460 e. The highest BCUT2D eigenvalue weighted by Crippen LogP contribution is 2.27. The normalized spacial score (nSPS) is 15.6. The predicted octanol–water partition coefficient (Wildman–Crippen LogP) is 3.47. The molecule has 1 N–H and O–H groups in total. The maximum atomic E-state index is 12.9. The minimum atomic E-state index is -3.90. The smallest absolute Gasteiger partial charge is 0.374 e. The van der Waals surface area contributed by atoms with E-state index in [1.807, 2.05) is 30.5 Å². The lowest BCUT2D eigenvalue weighted by Crippen LogP contribution is -2.41. The fourth-order valence-corrected chi connectivity index (χ4v) is 5.44. The highest BCUT2D eigenvalue weighted by Gasteiger charge is 2.34. The van der Waals surface area contributed by atoms with Crippen LogP contribution >= 0.6 is 0 Å². The number of piperidine rings is 1. The van der Waals surface area contributed by atoms with Crippen molar-refractivity contribution in [1.82, 2.24) is 8.87 Å². The second-order valence-electron chi connectivity index (χ2n) is 7.88. The van der Waals surface area contributed by atoms with Gasteiger partial charge >= 0.3 is 5.97 Å². The van der Waals surface area contributed by atoms with Gasteiger partial charge in [0.2, 0.25) is 16.8 Å². The zero-order chi connectivity index (χ0) is 23.6. The van der Waals surface area contributed by atoms with Crippen LogP contribution in [0.1, 0.15) is 37.2 Å². The summed E-state index contributed by atoms with van der Waals surface area (Å²) in [7, 11) is -3.90. The van der Waals surface area contributed by atoms with Crippen LogP contribution in [-0.2, 0) is 26.1 Å². The minimum Gasteiger partial charge on any atom is -0.460 e. The Hall–Kier alpha value is -3.11. The average Bonchev–Trinajstić information content (AvgIpc) is 3.47. The number of hydrogen-bond acceptors (Lipinski definition) is 6. The zero-order valence-corrected chi connectivity index (χ0v) is 19.4. The summed E-state index contributed by atoms with van der Waals surface area (Å²) in [5.74, 6) is -1.28. The van der Waals surface area contributed by atoms with Gasteiger partial charge in [0.1, 0.15) is 0 Å². The number of ether oxygens (including phenoxy) is 1. The van der Waals surface area contributed by atoms with Crippen LogP contribution < -0.4 is 5.32 Å². The van der Waals surface area contributed by atoms with Crippen molar-refractivity contribution in [1.29, 1.82) is 0 Å². The average molecular weight is 474 g/mol. The number of furan rings is 1. The van der Waals surface area contributed by atoms with Gasteiger partial charge in [-0.2, -0.15) is 4.31 Å². The lowest BCUT2D eigenvalue weighted by atomic mass is 9.97. The van der Waals surface area contributed by atoms with Gasteiger partial charge in [-0.25, -0.2) is 13.2 Å². The summed E-state index contributed by atoms with van der Waals surface area (Å²) in [6.07, 6.45) is 2.80. The Morgan fingerprint density at radius 3 is 2.58 bits per heavy atom. The zero-order valence-electron chi connectivity index (χ0n) is 18.6. The van der Waals surface area contributed by atoms with E-state index in [-0.39, 0.29) is 42.4 Å². The molecule has 0 radical (unpaired) electrons. The van der Waals surface area contributed by atoms with E-state index in [2.05, 4.69) is 16.8 Å². The predicted molar refractivity (Wildman–Crippen MR) is 122 cm³/mol. The Balaban J connectivity index is 1.37. The van der Waals surface area contributed by atoms with Crippen molar-refractivity contribution >= 4 is 38.5 Å². The lowest BCUT2D eigenvalue weighted by molar-refractivity contribution is -0.120. The Bertz CT molecular complexity index is 1270. The Labute approximate surface area is 192 Å². The van der Waals surface area contributed by atoms with Crippen LogP contribution in [0.3, 0.4) is 0 Å². The topological polar surface area (TPSA) is 111 Å². The molecule has 1 aromatic carbocycles. The van der Waals surface area contributed by atoms with Crippen LogP contribution in [-0.4, -0.2) is 48.9 Å². The van der Waals surface area contributed by atoms with Crippen LogP contribution in [0.25, 0.3) is 10.9 Å². The molecule has 1 amide bonds. The summed E-state index contributed by atoms with van der Waals surface area (Å²) in [5, 5.41) is 3.71. The number of hydrogen-bond donors (Lipinski definition) is 1. The summed E-state index contributed by atoms with van der Waals surface area (Å²) in [6, 6.07) is 10.4. The molecule has 0 unspecified atom stereocenters. The summed E-state index contributed by atoms with van der Waals surface area (Å²) in [4.78, 5) is 24.5. The van der Waals surface area contributed by atoms with Crippen LogP contribution in [0.2, 0.25) is 0 Å². The van der Waals surface area contributed by atoms with E-state index in [4.69, 9.17) is 9.15 Å². The lowest BCUT2D eigenvalue weighted by Gasteiger charge is -2.29. The maximum absolute atomic E-state index is 12.9. The van der Waals surface area contributed by atoms with Gasteiger partial charge in [0.25, 0.3) is 10.0 Å². The standard InChI is InChI=1S/C23H27N3O6S/c1-3-25-12-9-17-15-18(5-6-19(17)25)24-22(27)16-10-13-26(14-11-16)33(29,30)21-8-7-20(32-21)23(28)31-4-2/h5-9,12,15-16H,3-4,10-11,13-14H2,1-2H3,(H,24,27). The van der Waals surface area contributed by atoms with E-state index >= 15 is 0 Å². The third-order valence-electron chi connectivity index (χ3n) is 5.86. The number of nitrogens with one attached hydrogen (secondary N) is 1. The first-order chi connectivity index (χ1) is 15.8. The van der Waals surface area contributed by atoms with Crippen LogP contribution in [0.15, 0.2) is 52.1 Å². The maximum Gasteiger partial charge on any atom is 0.374 e. The molecule has 3 heterocycles. The molecule has 0 atom stereocenters. The quantitative estimate of drug-likeness (QED) is 0.526. The fourth-order valence-electron chi connectivity index (χ4n) is 4.05. The molecule has 1 fully saturated rings. The number of nitrogens with zero attached hydrogens (tertiary/aromatic N) is 2. The summed E-state index contributed by atoms with van der Waals surface area (Å²) < 4.78 is 39.2. The van der Waals surface area contributed by atoms with Gasteiger partial charge in [-0.15, -0.1) is 0 Å². The van der Waals surface area contributed by atoms with Crippen molar-refractivity contribution in [3.63, 3.8) is 0 Å². The molecule has 1 saturated heterocycles. The van der Waals surface area contributed by atoms with Crippen molar-refractivity contribution < 1.29 is 27.2 Å². The van der Waals surface area contributed by atoms with Gasteiger partial charge in [0.05, 0.1) is 6.61 Å². The van der Waals surface area contributed by atoms with E-state index in [0.717, 1.165) is 23.1 Å². The summed E-state index contributed by atoms with van der Waals surface area (Å²) >= 11 is 0. The van der Waals surface area contributed by atoms with Crippen LogP contribution in [0.4, 0.5) is 5.69 Å². The van der Waals surface area contributed by atoms with E-state index in [1.54, 1.807) is 6.92 Å². The van der Waals surface area contributed by atoms with Crippen molar-refractivity contribution in [2.45, 2.75) is 38.3 Å². The molecule has 9 nitrogen and oxygen atoms in total. The molecule has 1 aliphatic heterocycles. The highest BCUT2D eigenvalue weighted by molar-refractivity contribution is 7.89. The second-order valence-corrected chi connectivity index (χ2v) is 9.75. The first kappa shape index (κ1) is 23.1. The van der Waals surface area contributed by atoms with Gasteiger partial charge in [0.15, 0.2) is 0 Å². The fraction of sp³-hybridized carbons (Fsp3) is 0.391. The van der Waals surface area contributed by atoms with Gasteiger partial charge in [-0.1, -0.05) is 0 Å². The number of aromatic nitrogens is 1. The van der Waals surface area contributed by atoms with Crippen LogP contribution in [0, 0.1) is 5.92 Å². The molecule has 0 aliphatic carbocycles. The highest BCUT2D eigenvalue weighted by atomic mass is 32.2. The molecule has 10 heteroatoms. The summed E-state index contributed by atoms with van der Waals surface area (Å²) in [6.45, 7) is 5.14. The van der Waals surface area contributed by atoms with Gasteiger partial charge in [-0.05, 0) is 63.1 Å². The molecule has 1 aliphatic rings. The summed E-state index contributed by atoms with van der Waals surface area (Å²) in [5.41, 5.74) is 1.83. The molecule has 2 aromatic heterocycles. The molecule has 0 spiro atoms. The van der Waals surface area contributed by atoms with Crippen molar-refractivity contribution in [2.75, 3.05) is 25.0 Å². The number of carbonyl (C=O) groups excluding carboxylic acids is 2. The molecular weight excluding hydrogens is 446 g/mol. The van der Waals surface area contributed by atoms with Crippen molar-refractivity contribution in [2.24, 2.45) is 5.92 Å². The minimum absolute atomic E-state index is 0.121. The molecule has 0 saturated carbocycles. The van der Waals surface area contributed by atoms with E-state index in [1.165, 1.54) is 16.4 Å². The SMILES string of the molecule is CCOC(=O)c1ccc(S(=O)(=O)N2CCC(C(=O)Nc3ccc4c(ccn4CC)c3)CC2)o1. The molecule has 0 bridgehead atoms. The second kappa shape index (κ2) is 9.40. The Kier molecular flexibility index (Phi) is 6.57. The van der Waals surface area contributed by atoms with E-state index in [9.17, 15) is 18.0 Å². The van der Waals surface area contributed by atoms with E-state index < -0.39 is 16.0 Å². The van der Waals surface area contributed by atoms with Gasteiger partial charge in [0, 0.05) is 48.3 Å². The number of sulfonamides is 1. The number of carbonyl (C=O) groups is 2. The first-order valence-corrected chi connectivity index (χ1v) is 12.4. The number of benzene rings is 1. The van der Waals surface area contributed by atoms with Gasteiger partial charge in [-0.3, -0.25) is 4.79 Å². The third kappa shape index (κ3) is 4.67. The molecule has 176 valence electrons. The molecule has 4 rings (SSSR count). The van der Waals surface area contributed by atoms with Crippen molar-refractivity contribution in [3.05, 3.63) is 48.4 Å². The third-order valence-corrected chi connectivity index (χ3v) is 7.63. The van der Waals surface area contributed by atoms with E-state index in [0.29, 0.717) is 12.8 Å². The Morgan fingerprint density at radius 1 is 1.12 bits per heavy atom. The van der Waals surface area contributed by atoms with Gasteiger partial charge < -0.3 is 19.0 Å². The van der Waals surface area contributed by atoms with Crippen molar-refractivity contribution in [3.8, 4) is 0 Å². The van der Waals surface area contributed by atoms with Crippen LogP contribution in [0.5, 0.6) is 0 Å². The first-order valence-electron chi connectivity index (χ1n) is 11.0. The molecule has 33 heavy (non-hydrogen) atoms. The molecular formula is C23H27N3O6S. The molecule has 3 aromatic rings. The number of esters is 1. The number of rotatable bonds is 7. The number of aryl methyl sites for hydroxylation is 1. The Morgan fingerprint density at radius 2 is 1.88 bits per heavy atom. The number of amides is 1. The monoisotopic (exact) mass is 473 g/mol.